The molecule has 0 unspecified atom stereocenters. The van der Waals surface area contributed by atoms with Crippen molar-refractivity contribution in [3.63, 3.8) is 0 Å². The van der Waals surface area contributed by atoms with E-state index in [9.17, 15) is 0 Å². The zero-order valence-corrected chi connectivity index (χ0v) is 12.4. The first-order valence-corrected chi connectivity index (χ1v) is 7.71. The minimum atomic E-state index is 0.635. The van der Waals surface area contributed by atoms with E-state index in [1.807, 2.05) is 0 Å². The van der Waals surface area contributed by atoms with Crippen molar-refractivity contribution in [1.29, 1.82) is 0 Å². The third-order valence-electron chi connectivity index (χ3n) is 4.30. The van der Waals surface area contributed by atoms with Crippen LogP contribution in [0.2, 0.25) is 0 Å². The molecule has 0 spiro atoms. The van der Waals surface area contributed by atoms with E-state index in [1.165, 1.54) is 44.1 Å². The van der Waals surface area contributed by atoms with Crippen LogP contribution in [0.4, 0.5) is 0 Å². The van der Waals surface area contributed by atoms with E-state index < -0.39 is 0 Å². The summed E-state index contributed by atoms with van der Waals surface area (Å²) >= 11 is 0. The summed E-state index contributed by atoms with van der Waals surface area (Å²) in [7, 11) is 4.45. The Morgan fingerprint density at radius 1 is 1.00 bits per heavy atom. The molecule has 0 aromatic heterocycles. The molecule has 106 valence electrons. The SMILES string of the molecule is CN(C)[C@H]1CCCCCC[C@@H]1NCc1ccccc1. The number of rotatable bonds is 4. The summed E-state index contributed by atoms with van der Waals surface area (Å²) < 4.78 is 0. The zero-order chi connectivity index (χ0) is 13.5. The first-order valence-electron chi connectivity index (χ1n) is 7.71. The van der Waals surface area contributed by atoms with Crippen LogP contribution >= 0.6 is 0 Å². The molecule has 2 nitrogen and oxygen atoms in total. The number of nitrogens with one attached hydrogen (secondary N) is 1. The molecule has 0 heterocycles. The summed E-state index contributed by atoms with van der Waals surface area (Å²) in [5.74, 6) is 0. The van der Waals surface area contributed by atoms with Crippen LogP contribution in [0.25, 0.3) is 0 Å². The molecule has 2 rings (SSSR count). The Kier molecular flexibility index (Phi) is 5.87. The van der Waals surface area contributed by atoms with E-state index in [0.717, 1.165) is 6.54 Å². The topological polar surface area (TPSA) is 15.3 Å². The van der Waals surface area contributed by atoms with Crippen molar-refractivity contribution in [2.45, 2.75) is 57.2 Å². The van der Waals surface area contributed by atoms with Gasteiger partial charge in [-0.3, -0.25) is 0 Å². The number of benzene rings is 1. The minimum absolute atomic E-state index is 0.635. The fraction of sp³-hybridized carbons (Fsp3) is 0.647. The quantitative estimate of drug-likeness (QED) is 0.892. The van der Waals surface area contributed by atoms with Gasteiger partial charge in [-0.1, -0.05) is 56.0 Å². The average Bonchev–Trinajstić information content (AvgIpc) is 2.38. The Bertz CT molecular complexity index is 348. The fourth-order valence-electron chi connectivity index (χ4n) is 3.17. The molecule has 2 atom stereocenters. The molecule has 1 aliphatic carbocycles. The Hall–Kier alpha value is -0.860. The first-order chi connectivity index (χ1) is 9.27. The third kappa shape index (κ3) is 4.63. The minimum Gasteiger partial charge on any atom is -0.308 e. The molecule has 1 saturated carbocycles. The maximum absolute atomic E-state index is 3.80. The van der Waals surface area contributed by atoms with Crippen LogP contribution in [0.1, 0.15) is 44.1 Å². The van der Waals surface area contributed by atoms with E-state index in [0.29, 0.717) is 12.1 Å². The van der Waals surface area contributed by atoms with Crippen LogP contribution < -0.4 is 5.32 Å². The van der Waals surface area contributed by atoms with Gasteiger partial charge in [-0.25, -0.2) is 0 Å². The van der Waals surface area contributed by atoms with Gasteiger partial charge >= 0.3 is 0 Å². The third-order valence-corrected chi connectivity index (χ3v) is 4.30. The zero-order valence-electron chi connectivity index (χ0n) is 12.4. The largest absolute Gasteiger partial charge is 0.308 e. The van der Waals surface area contributed by atoms with Gasteiger partial charge in [-0.05, 0) is 32.5 Å². The molecule has 1 aliphatic rings. The molecule has 1 aromatic rings. The molecular formula is C17H28N2. The summed E-state index contributed by atoms with van der Waals surface area (Å²) in [6.07, 6.45) is 8.22. The van der Waals surface area contributed by atoms with Crippen LogP contribution in [0.5, 0.6) is 0 Å². The first kappa shape index (κ1) is 14.5. The van der Waals surface area contributed by atoms with Crippen LogP contribution in [-0.4, -0.2) is 31.1 Å². The van der Waals surface area contributed by atoms with Crippen molar-refractivity contribution in [3.8, 4) is 0 Å². The van der Waals surface area contributed by atoms with Crippen LogP contribution in [0, 0.1) is 0 Å². The fourth-order valence-corrected chi connectivity index (χ4v) is 3.17. The van der Waals surface area contributed by atoms with Crippen molar-refractivity contribution in [3.05, 3.63) is 35.9 Å². The highest BCUT2D eigenvalue weighted by molar-refractivity contribution is 5.14. The lowest BCUT2D eigenvalue weighted by atomic mass is 9.91. The maximum atomic E-state index is 3.80. The van der Waals surface area contributed by atoms with Crippen molar-refractivity contribution in [2.75, 3.05) is 14.1 Å². The van der Waals surface area contributed by atoms with Gasteiger partial charge in [0, 0.05) is 18.6 Å². The van der Waals surface area contributed by atoms with Crippen molar-refractivity contribution < 1.29 is 0 Å². The number of hydrogen-bond acceptors (Lipinski definition) is 2. The van der Waals surface area contributed by atoms with Crippen molar-refractivity contribution >= 4 is 0 Å². The van der Waals surface area contributed by atoms with E-state index >= 15 is 0 Å². The Morgan fingerprint density at radius 2 is 1.68 bits per heavy atom. The van der Waals surface area contributed by atoms with E-state index in [1.54, 1.807) is 0 Å². The smallest absolute Gasteiger partial charge is 0.0243 e. The van der Waals surface area contributed by atoms with Crippen LogP contribution in [0.3, 0.4) is 0 Å². The second kappa shape index (κ2) is 7.66. The summed E-state index contributed by atoms with van der Waals surface area (Å²) in [4.78, 5) is 2.41. The summed E-state index contributed by atoms with van der Waals surface area (Å²) in [6, 6.07) is 12.1. The molecular weight excluding hydrogens is 232 g/mol. The second-order valence-corrected chi connectivity index (χ2v) is 6.00. The lowest BCUT2D eigenvalue weighted by molar-refractivity contribution is 0.191. The van der Waals surface area contributed by atoms with Gasteiger partial charge in [0.2, 0.25) is 0 Å². The lowest BCUT2D eigenvalue weighted by Gasteiger charge is -2.35. The Balaban J connectivity index is 1.93. The standard InChI is InChI=1S/C17H28N2/c1-19(2)17-13-9-4-3-8-12-16(17)18-14-15-10-6-5-7-11-15/h5-7,10-11,16-18H,3-4,8-9,12-14H2,1-2H3/t16-,17-/m0/s1. The van der Waals surface area contributed by atoms with Gasteiger partial charge in [0.05, 0.1) is 0 Å². The van der Waals surface area contributed by atoms with Gasteiger partial charge in [0.15, 0.2) is 0 Å². The Labute approximate surface area is 118 Å². The van der Waals surface area contributed by atoms with Gasteiger partial charge in [0.1, 0.15) is 0 Å². The normalized spacial score (nSPS) is 25.0. The molecule has 0 saturated heterocycles. The molecule has 1 N–H and O–H groups in total. The van der Waals surface area contributed by atoms with Crippen molar-refractivity contribution in [1.82, 2.24) is 10.2 Å². The maximum Gasteiger partial charge on any atom is 0.0243 e. The second-order valence-electron chi connectivity index (χ2n) is 6.00. The molecule has 1 fully saturated rings. The Morgan fingerprint density at radius 3 is 2.37 bits per heavy atom. The van der Waals surface area contributed by atoms with E-state index in [-0.39, 0.29) is 0 Å². The molecule has 0 radical (unpaired) electrons. The number of likely N-dealkylation sites (N-methyl/N-ethyl adjacent to an activating group) is 1. The van der Waals surface area contributed by atoms with Crippen LogP contribution in [-0.2, 0) is 6.54 Å². The van der Waals surface area contributed by atoms with E-state index in [4.69, 9.17) is 0 Å². The summed E-state index contributed by atoms with van der Waals surface area (Å²) in [5, 5.41) is 3.80. The summed E-state index contributed by atoms with van der Waals surface area (Å²) in [6.45, 7) is 0.996. The number of nitrogens with zero attached hydrogens (tertiary/aromatic N) is 1. The average molecular weight is 260 g/mol. The predicted molar refractivity (Wildman–Crippen MR) is 82.2 cm³/mol. The highest BCUT2D eigenvalue weighted by Gasteiger charge is 2.23. The monoisotopic (exact) mass is 260 g/mol. The van der Waals surface area contributed by atoms with Gasteiger partial charge in [0.25, 0.3) is 0 Å². The highest BCUT2D eigenvalue weighted by Crippen LogP contribution is 2.21. The molecule has 19 heavy (non-hydrogen) atoms. The predicted octanol–water partition coefficient (Wildman–Crippen LogP) is 3.43. The van der Waals surface area contributed by atoms with Crippen LogP contribution in [0.15, 0.2) is 30.3 Å². The highest BCUT2D eigenvalue weighted by atomic mass is 15.1. The van der Waals surface area contributed by atoms with Gasteiger partial charge < -0.3 is 10.2 Å². The van der Waals surface area contributed by atoms with Crippen molar-refractivity contribution in [2.24, 2.45) is 0 Å². The molecule has 2 heteroatoms. The van der Waals surface area contributed by atoms with Gasteiger partial charge in [-0.2, -0.15) is 0 Å². The summed E-state index contributed by atoms with van der Waals surface area (Å²) in [5.41, 5.74) is 1.39. The molecule has 1 aromatic carbocycles. The molecule has 0 amide bonds. The molecule has 0 aliphatic heterocycles. The van der Waals surface area contributed by atoms with E-state index in [2.05, 4.69) is 54.6 Å². The lowest BCUT2D eigenvalue weighted by Crippen LogP contribution is -2.47. The van der Waals surface area contributed by atoms with Gasteiger partial charge in [-0.15, -0.1) is 0 Å². The molecule has 0 bridgehead atoms. The number of hydrogen-bond donors (Lipinski definition) is 1.